The molecule has 0 spiro atoms. The van der Waals surface area contributed by atoms with Crippen molar-refractivity contribution in [1.82, 2.24) is 4.90 Å². The molecule has 1 amide bonds. The van der Waals surface area contributed by atoms with Gasteiger partial charge in [-0.05, 0) is 26.7 Å². The Morgan fingerprint density at radius 1 is 1.38 bits per heavy atom. The van der Waals surface area contributed by atoms with Crippen LogP contribution in [0.3, 0.4) is 0 Å². The summed E-state index contributed by atoms with van der Waals surface area (Å²) in [6.45, 7) is 9.46. The van der Waals surface area contributed by atoms with Crippen LogP contribution in [-0.4, -0.2) is 29.7 Å². The SMILES string of the molecule is CC(C)C(C#CN)N(C)C(=O)OC(C)(C)C. The molecular weight excluding hydrogens is 204 g/mol. The average molecular weight is 226 g/mol. The summed E-state index contributed by atoms with van der Waals surface area (Å²) in [4.78, 5) is 13.3. The molecule has 1 unspecified atom stereocenters. The third-order valence-corrected chi connectivity index (χ3v) is 1.96. The highest BCUT2D eigenvalue weighted by molar-refractivity contribution is 5.68. The highest BCUT2D eigenvalue weighted by atomic mass is 16.6. The van der Waals surface area contributed by atoms with Crippen LogP contribution in [-0.2, 0) is 4.74 Å². The Bertz CT molecular complexity index is 294. The van der Waals surface area contributed by atoms with Crippen molar-refractivity contribution in [2.75, 3.05) is 7.05 Å². The lowest BCUT2D eigenvalue weighted by Crippen LogP contribution is -2.42. The van der Waals surface area contributed by atoms with Crippen molar-refractivity contribution in [3.63, 3.8) is 0 Å². The maximum atomic E-state index is 11.8. The lowest BCUT2D eigenvalue weighted by atomic mass is 10.0. The van der Waals surface area contributed by atoms with Crippen molar-refractivity contribution in [3.05, 3.63) is 0 Å². The zero-order valence-corrected chi connectivity index (χ0v) is 11.0. The Hall–Kier alpha value is -1.37. The fourth-order valence-electron chi connectivity index (χ4n) is 1.24. The molecule has 0 fully saturated rings. The maximum absolute atomic E-state index is 11.8. The van der Waals surface area contributed by atoms with E-state index in [0.717, 1.165) is 0 Å². The lowest BCUT2D eigenvalue weighted by molar-refractivity contribution is 0.0231. The summed E-state index contributed by atoms with van der Waals surface area (Å²) in [5, 5.41) is 0. The first-order valence-corrected chi connectivity index (χ1v) is 5.36. The molecule has 4 heteroatoms. The third-order valence-electron chi connectivity index (χ3n) is 1.96. The first kappa shape index (κ1) is 14.6. The number of hydrogen-bond donors (Lipinski definition) is 1. The molecule has 2 N–H and O–H groups in total. The van der Waals surface area contributed by atoms with Crippen molar-refractivity contribution >= 4 is 6.09 Å². The number of nitrogens with two attached hydrogens (primary N) is 1. The monoisotopic (exact) mass is 226 g/mol. The molecule has 0 heterocycles. The molecule has 0 saturated heterocycles. The summed E-state index contributed by atoms with van der Waals surface area (Å²) >= 11 is 0. The van der Waals surface area contributed by atoms with Gasteiger partial charge in [-0.25, -0.2) is 4.79 Å². The van der Waals surface area contributed by atoms with Crippen molar-refractivity contribution in [2.45, 2.75) is 46.3 Å². The van der Waals surface area contributed by atoms with Gasteiger partial charge in [0, 0.05) is 13.1 Å². The summed E-state index contributed by atoms with van der Waals surface area (Å²) in [6.07, 6.45) is -0.381. The smallest absolute Gasteiger partial charge is 0.411 e. The minimum absolute atomic E-state index is 0.202. The molecule has 1 atom stereocenters. The van der Waals surface area contributed by atoms with Gasteiger partial charge in [0.25, 0.3) is 0 Å². The van der Waals surface area contributed by atoms with Crippen molar-refractivity contribution in [3.8, 4) is 12.0 Å². The van der Waals surface area contributed by atoms with E-state index in [1.54, 1.807) is 7.05 Å². The minimum Gasteiger partial charge on any atom is -0.444 e. The Morgan fingerprint density at radius 2 is 1.88 bits per heavy atom. The van der Waals surface area contributed by atoms with Crippen LogP contribution in [0.25, 0.3) is 0 Å². The minimum atomic E-state index is -0.497. The van der Waals surface area contributed by atoms with Gasteiger partial charge in [0.05, 0.1) is 0 Å². The van der Waals surface area contributed by atoms with Gasteiger partial charge in [-0.2, -0.15) is 0 Å². The molecule has 0 aromatic heterocycles. The van der Waals surface area contributed by atoms with E-state index in [-0.39, 0.29) is 18.1 Å². The molecule has 0 aromatic carbocycles. The highest BCUT2D eigenvalue weighted by Gasteiger charge is 2.25. The molecule has 16 heavy (non-hydrogen) atoms. The van der Waals surface area contributed by atoms with Crippen LogP contribution in [0.4, 0.5) is 4.79 Å². The van der Waals surface area contributed by atoms with Crippen LogP contribution in [0, 0.1) is 17.9 Å². The standard InChI is InChI=1S/C12H22N2O2/c1-9(2)10(7-8-13)14(6)11(15)16-12(3,4)5/h9-10H,13H2,1-6H3. The van der Waals surface area contributed by atoms with Crippen molar-refractivity contribution in [2.24, 2.45) is 11.7 Å². The lowest BCUT2D eigenvalue weighted by Gasteiger charge is -2.29. The van der Waals surface area contributed by atoms with Gasteiger partial charge in [-0.15, -0.1) is 0 Å². The molecule has 92 valence electrons. The van der Waals surface area contributed by atoms with Gasteiger partial charge in [-0.1, -0.05) is 19.8 Å². The second-order valence-electron chi connectivity index (χ2n) is 5.07. The van der Waals surface area contributed by atoms with E-state index in [9.17, 15) is 4.79 Å². The van der Waals surface area contributed by atoms with Crippen LogP contribution in [0.1, 0.15) is 34.6 Å². The van der Waals surface area contributed by atoms with E-state index >= 15 is 0 Å². The number of hydrogen-bond acceptors (Lipinski definition) is 3. The van der Waals surface area contributed by atoms with Crippen LogP contribution < -0.4 is 5.73 Å². The van der Waals surface area contributed by atoms with Gasteiger partial charge < -0.3 is 10.5 Å². The van der Waals surface area contributed by atoms with Gasteiger partial charge in [0.15, 0.2) is 0 Å². The summed E-state index contributed by atoms with van der Waals surface area (Å²) in [6, 6.07) is 2.13. The molecule has 0 bridgehead atoms. The molecule has 0 rings (SSSR count). The zero-order valence-electron chi connectivity index (χ0n) is 11.0. The van der Waals surface area contributed by atoms with E-state index in [4.69, 9.17) is 10.5 Å². The first-order valence-electron chi connectivity index (χ1n) is 5.36. The third kappa shape index (κ3) is 4.92. The zero-order chi connectivity index (χ0) is 12.9. The number of rotatable bonds is 2. The molecule has 0 aliphatic heterocycles. The second kappa shape index (κ2) is 5.64. The molecule has 0 radical (unpaired) electrons. The molecule has 0 aliphatic carbocycles. The normalized spacial score (nSPS) is 12.7. The predicted molar refractivity (Wildman–Crippen MR) is 64.6 cm³/mol. The number of carbonyl (C=O) groups excluding carboxylic acids is 1. The topological polar surface area (TPSA) is 55.6 Å². The number of carbonyl (C=O) groups is 1. The van der Waals surface area contributed by atoms with Crippen LogP contribution >= 0.6 is 0 Å². The Kier molecular flexibility index (Phi) is 5.16. The predicted octanol–water partition coefficient (Wildman–Crippen LogP) is 1.80. The van der Waals surface area contributed by atoms with Crippen LogP contribution in [0.2, 0.25) is 0 Å². The van der Waals surface area contributed by atoms with Gasteiger partial charge in [-0.3, -0.25) is 4.90 Å². The Balaban J connectivity index is 4.67. The van der Waals surface area contributed by atoms with E-state index < -0.39 is 5.60 Å². The van der Waals surface area contributed by atoms with Crippen molar-refractivity contribution in [1.29, 1.82) is 0 Å². The molecule has 4 nitrogen and oxygen atoms in total. The summed E-state index contributed by atoms with van der Waals surface area (Å²) in [5.41, 5.74) is 4.70. The van der Waals surface area contributed by atoms with Crippen molar-refractivity contribution < 1.29 is 9.53 Å². The molecule has 0 aromatic rings. The van der Waals surface area contributed by atoms with E-state index in [2.05, 4.69) is 12.0 Å². The fourth-order valence-corrected chi connectivity index (χ4v) is 1.24. The largest absolute Gasteiger partial charge is 0.444 e. The van der Waals surface area contributed by atoms with Gasteiger partial charge >= 0.3 is 6.09 Å². The van der Waals surface area contributed by atoms with Gasteiger partial charge in [0.2, 0.25) is 0 Å². The summed E-state index contributed by atoms with van der Waals surface area (Å²) in [7, 11) is 1.67. The second-order valence-corrected chi connectivity index (χ2v) is 5.07. The number of amides is 1. The quantitative estimate of drug-likeness (QED) is 0.577. The highest BCUT2D eigenvalue weighted by Crippen LogP contribution is 2.14. The fraction of sp³-hybridized carbons (Fsp3) is 0.750. The maximum Gasteiger partial charge on any atom is 0.411 e. The molecule has 0 aliphatic rings. The number of nitrogens with zero attached hydrogens (tertiary/aromatic N) is 1. The molecule has 0 saturated carbocycles. The van der Waals surface area contributed by atoms with Gasteiger partial charge in [0.1, 0.15) is 11.6 Å². The first-order chi connectivity index (χ1) is 7.19. The molecular formula is C12H22N2O2. The van der Waals surface area contributed by atoms with E-state index in [1.165, 1.54) is 4.90 Å². The number of ether oxygens (including phenoxy) is 1. The summed E-state index contributed by atoms with van der Waals surface area (Å²) < 4.78 is 5.26. The summed E-state index contributed by atoms with van der Waals surface area (Å²) in [5.74, 6) is 3.00. The average Bonchev–Trinajstić information content (AvgIpc) is 2.09. The van der Waals surface area contributed by atoms with E-state index in [1.807, 2.05) is 34.6 Å². The Labute approximate surface area is 98.1 Å². The van der Waals surface area contributed by atoms with Crippen LogP contribution in [0.15, 0.2) is 0 Å². The van der Waals surface area contributed by atoms with Crippen LogP contribution in [0.5, 0.6) is 0 Å². The van der Waals surface area contributed by atoms with E-state index in [0.29, 0.717) is 0 Å². The Morgan fingerprint density at radius 3 is 2.19 bits per heavy atom.